The average molecular weight is 390 g/mol. The third-order valence-electron chi connectivity index (χ3n) is 2.72. The first-order valence-electron chi connectivity index (χ1n) is 5.89. The second-order valence-electron chi connectivity index (χ2n) is 4.06. The van der Waals surface area contributed by atoms with Crippen molar-refractivity contribution in [3.05, 3.63) is 40.2 Å². The minimum Gasteiger partial charge on any atom is -0.337 e. The first-order valence-corrected chi connectivity index (χ1v) is 7.60. The van der Waals surface area contributed by atoms with Gasteiger partial charge in [-0.15, -0.1) is 11.6 Å². The molecule has 0 saturated heterocycles. The van der Waals surface area contributed by atoms with Crippen LogP contribution in [0.5, 0.6) is 0 Å². The molecule has 0 unspecified atom stereocenters. The SMILES string of the molecule is CN(C(=O)CCl)c1ccccc1Nc1nc(Cl)ncc1Br. The molecule has 110 valence electrons. The van der Waals surface area contributed by atoms with Crippen molar-refractivity contribution in [3.63, 3.8) is 0 Å². The highest BCUT2D eigenvalue weighted by atomic mass is 79.9. The summed E-state index contributed by atoms with van der Waals surface area (Å²) in [6.07, 6.45) is 1.55. The van der Waals surface area contributed by atoms with Crippen LogP contribution >= 0.6 is 39.1 Å². The van der Waals surface area contributed by atoms with Gasteiger partial charge in [-0.1, -0.05) is 12.1 Å². The Morgan fingerprint density at radius 2 is 2.14 bits per heavy atom. The standard InChI is InChI=1S/C13H11BrCl2N4O/c1-20(11(21)6-15)10-5-3-2-4-9(10)18-12-8(14)7-17-13(16)19-12/h2-5,7H,6H2,1H3,(H,17,18,19). The highest BCUT2D eigenvalue weighted by molar-refractivity contribution is 9.10. The van der Waals surface area contributed by atoms with Gasteiger partial charge in [-0.3, -0.25) is 4.79 Å². The van der Waals surface area contributed by atoms with E-state index in [4.69, 9.17) is 23.2 Å². The number of nitrogens with one attached hydrogen (secondary N) is 1. The molecule has 0 aliphatic carbocycles. The normalized spacial score (nSPS) is 10.3. The maximum Gasteiger partial charge on any atom is 0.241 e. The van der Waals surface area contributed by atoms with Crippen LogP contribution in [0.2, 0.25) is 5.28 Å². The van der Waals surface area contributed by atoms with Crippen molar-refractivity contribution in [3.8, 4) is 0 Å². The maximum atomic E-state index is 11.7. The molecule has 0 spiro atoms. The second-order valence-corrected chi connectivity index (χ2v) is 5.52. The summed E-state index contributed by atoms with van der Waals surface area (Å²) < 4.78 is 0.660. The monoisotopic (exact) mass is 388 g/mol. The lowest BCUT2D eigenvalue weighted by Crippen LogP contribution is -2.27. The van der Waals surface area contributed by atoms with E-state index in [1.54, 1.807) is 13.2 Å². The molecule has 1 aromatic heterocycles. The summed E-state index contributed by atoms with van der Waals surface area (Å²) in [7, 11) is 1.66. The first kappa shape index (κ1) is 16.0. The third-order valence-corrected chi connectivity index (χ3v) is 3.71. The van der Waals surface area contributed by atoms with Crippen LogP contribution in [0.25, 0.3) is 0 Å². The lowest BCUT2D eigenvalue weighted by molar-refractivity contribution is -0.116. The number of amides is 1. The first-order chi connectivity index (χ1) is 10.0. The van der Waals surface area contributed by atoms with Gasteiger partial charge in [-0.05, 0) is 39.7 Å². The van der Waals surface area contributed by atoms with Gasteiger partial charge in [0.25, 0.3) is 0 Å². The number of aromatic nitrogens is 2. The zero-order valence-corrected chi connectivity index (χ0v) is 14.1. The lowest BCUT2D eigenvalue weighted by atomic mass is 10.2. The molecule has 0 bridgehead atoms. The summed E-state index contributed by atoms with van der Waals surface area (Å²) >= 11 is 14.7. The topological polar surface area (TPSA) is 58.1 Å². The Bertz CT molecular complexity index is 668. The van der Waals surface area contributed by atoms with E-state index in [0.717, 1.165) is 0 Å². The quantitative estimate of drug-likeness (QED) is 0.637. The van der Waals surface area contributed by atoms with Gasteiger partial charge >= 0.3 is 0 Å². The Balaban J connectivity index is 2.36. The summed E-state index contributed by atoms with van der Waals surface area (Å²) in [5.41, 5.74) is 1.39. The number of benzene rings is 1. The van der Waals surface area contributed by atoms with Crippen LogP contribution in [0.1, 0.15) is 0 Å². The van der Waals surface area contributed by atoms with E-state index >= 15 is 0 Å². The van der Waals surface area contributed by atoms with Crippen LogP contribution in [0, 0.1) is 0 Å². The lowest BCUT2D eigenvalue weighted by Gasteiger charge is -2.20. The van der Waals surface area contributed by atoms with Crippen LogP contribution in [0.3, 0.4) is 0 Å². The number of anilines is 3. The van der Waals surface area contributed by atoms with Gasteiger partial charge in [0.05, 0.1) is 15.8 Å². The molecular formula is C13H11BrCl2N4O. The molecule has 2 aromatic rings. The number of hydrogen-bond donors (Lipinski definition) is 1. The number of halogens is 3. The molecule has 5 nitrogen and oxygen atoms in total. The van der Waals surface area contributed by atoms with Crippen LogP contribution in [0.15, 0.2) is 34.9 Å². The van der Waals surface area contributed by atoms with Gasteiger partial charge in [-0.2, -0.15) is 4.98 Å². The van der Waals surface area contributed by atoms with Crippen molar-refractivity contribution in [2.75, 3.05) is 23.1 Å². The van der Waals surface area contributed by atoms with Crippen LogP contribution in [-0.4, -0.2) is 28.8 Å². The van der Waals surface area contributed by atoms with Gasteiger partial charge < -0.3 is 10.2 Å². The maximum absolute atomic E-state index is 11.7. The van der Waals surface area contributed by atoms with Crippen molar-refractivity contribution >= 4 is 62.2 Å². The van der Waals surface area contributed by atoms with Crippen molar-refractivity contribution in [1.29, 1.82) is 0 Å². The molecule has 1 amide bonds. The summed E-state index contributed by atoms with van der Waals surface area (Å²) in [6, 6.07) is 7.32. The largest absolute Gasteiger partial charge is 0.337 e. The van der Waals surface area contributed by atoms with Gasteiger partial charge in [0.2, 0.25) is 11.2 Å². The minimum atomic E-state index is -0.203. The van der Waals surface area contributed by atoms with Crippen LogP contribution in [-0.2, 0) is 4.79 Å². The zero-order chi connectivity index (χ0) is 15.4. The molecule has 0 fully saturated rings. The van der Waals surface area contributed by atoms with E-state index in [0.29, 0.717) is 21.7 Å². The molecule has 21 heavy (non-hydrogen) atoms. The Hall–Kier alpha value is -1.37. The van der Waals surface area contributed by atoms with Gasteiger partial charge in [-0.25, -0.2) is 4.98 Å². The van der Waals surface area contributed by atoms with Crippen molar-refractivity contribution in [2.45, 2.75) is 0 Å². The third kappa shape index (κ3) is 3.84. The molecule has 0 atom stereocenters. The fourth-order valence-electron chi connectivity index (χ4n) is 1.66. The van der Waals surface area contributed by atoms with E-state index in [2.05, 4.69) is 31.2 Å². The minimum absolute atomic E-state index is 0.0894. The summed E-state index contributed by atoms with van der Waals surface area (Å²) in [4.78, 5) is 21.2. The van der Waals surface area contributed by atoms with Gasteiger partial charge in [0, 0.05) is 13.2 Å². The van der Waals surface area contributed by atoms with Crippen LogP contribution < -0.4 is 10.2 Å². The summed E-state index contributed by atoms with van der Waals surface area (Å²) in [5, 5.41) is 3.25. The van der Waals surface area contributed by atoms with Gasteiger partial charge in [0.15, 0.2) is 0 Å². The van der Waals surface area contributed by atoms with E-state index in [1.807, 2.05) is 24.3 Å². The number of nitrogens with zero attached hydrogens (tertiary/aromatic N) is 3. The number of para-hydroxylation sites is 2. The highest BCUT2D eigenvalue weighted by Gasteiger charge is 2.14. The Morgan fingerprint density at radius 3 is 2.86 bits per heavy atom. The fourth-order valence-corrected chi connectivity index (χ4v) is 2.26. The Morgan fingerprint density at radius 1 is 1.43 bits per heavy atom. The smallest absolute Gasteiger partial charge is 0.241 e. The predicted octanol–water partition coefficient (Wildman–Crippen LogP) is 3.84. The summed E-state index contributed by atoms with van der Waals surface area (Å²) in [6.45, 7) is 0. The molecule has 1 aromatic carbocycles. The zero-order valence-electron chi connectivity index (χ0n) is 11.0. The molecule has 2 rings (SSSR count). The number of carbonyl (C=O) groups excluding carboxylic acids is 1. The number of alkyl halides is 1. The molecule has 1 N–H and O–H groups in total. The molecule has 0 radical (unpaired) electrons. The van der Waals surface area contributed by atoms with Crippen molar-refractivity contribution in [1.82, 2.24) is 9.97 Å². The van der Waals surface area contributed by atoms with E-state index in [-0.39, 0.29) is 17.1 Å². The molecule has 0 aliphatic heterocycles. The highest BCUT2D eigenvalue weighted by Crippen LogP contribution is 2.30. The van der Waals surface area contributed by atoms with Gasteiger partial charge in [0.1, 0.15) is 11.7 Å². The number of carbonyl (C=O) groups is 1. The van der Waals surface area contributed by atoms with E-state index < -0.39 is 0 Å². The number of hydrogen-bond acceptors (Lipinski definition) is 4. The molecule has 8 heteroatoms. The molecular weight excluding hydrogens is 379 g/mol. The molecule has 0 saturated carbocycles. The summed E-state index contributed by atoms with van der Waals surface area (Å²) in [5.74, 6) is 0.216. The molecule has 1 heterocycles. The fraction of sp³-hybridized carbons (Fsp3) is 0.154. The Labute approximate surface area is 140 Å². The number of rotatable bonds is 4. The Kier molecular flexibility index (Phi) is 5.39. The van der Waals surface area contributed by atoms with E-state index in [9.17, 15) is 4.79 Å². The van der Waals surface area contributed by atoms with Crippen molar-refractivity contribution in [2.24, 2.45) is 0 Å². The second kappa shape index (κ2) is 7.06. The van der Waals surface area contributed by atoms with E-state index in [1.165, 1.54) is 4.90 Å². The van der Waals surface area contributed by atoms with Crippen LogP contribution in [0.4, 0.5) is 17.2 Å². The predicted molar refractivity (Wildman–Crippen MR) is 88.6 cm³/mol. The van der Waals surface area contributed by atoms with Crippen molar-refractivity contribution < 1.29 is 4.79 Å². The molecule has 0 aliphatic rings. The average Bonchev–Trinajstić information content (AvgIpc) is 2.50.